The van der Waals surface area contributed by atoms with E-state index in [1.54, 1.807) is 13.2 Å². The minimum absolute atomic E-state index is 0.0341. The summed E-state index contributed by atoms with van der Waals surface area (Å²) < 4.78 is 51.5. The second kappa shape index (κ2) is 9.57. The number of fused-ring (bicyclic) bond motifs is 3. The molecule has 0 aromatic heterocycles. The maximum Gasteiger partial charge on any atom is 0.417 e. The molecule has 1 aromatic carbocycles. The number of hydrogen-bond donors (Lipinski definition) is 1. The molecule has 3 heterocycles. The number of carbonyl (C=O) groups excluding carboxylic acids is 1. The predicted molar refractivity (Wildman–Crippen MR) is 134 cm³/mol. The zero-order chi connectivity index (χ0) is 25.9. The first-order valence-electron chi connectivity index (χ1n) is 13.5. The Labute approximate surface area is 220 Å². The van der Waals surface area contributed by atoms with Crippen molar-refractivity contribution in [1.29, 1.82) is 0 Å². The average molecular weight is 542 g/mol. The molecule has 3 aliphatic heterocycles. The van der Waals surface area contributed by atoms with Gasteiger partial charge in [-0.2, -0.15) is 13.2 Å². The van der Waals surface area contributed by atoms with E-state index in [-0.39, 0.29) is 40.6 Å². The van der Waals surface area contributed by atoms with Gasteiger partial charge < -0.3 is 24.6 Å². The van der Waals surface area contributed by atoms with Crippen molar-refractivity contribution in [1.82, 2.24) is 10.2 Å². The number of ether oxygens (including phenoxy) is 2. The van der Waals surface area contributed by atoms with Gasteiger partial charge in [0, 0.05) is 50.6 Å². The zero-order valence-electron chi connectivity index (χ0n) is 21.1. The molecule has 7 atom stereocenters. The third-order valence-electron chi connectivity index (χ3n) is 9.71. The van der Waals surface area contributed by atoms with Crippen LogP contribution in [0.25, 0.3) is 0 Å². The molecular weight excluding hydrogens is 507 g/mol. The molecule has 2 aliphatic carbocycles. The number of piperazine rings is 1. The molecule has 0 radical (unpaired) electrons. The second-order valence-corrected chi connectivity index (χ2v) is 12.0. The highest BCUT2D eigenvalue weighted by Crippen LogP contribution is 2.56. The average Bonchev–Trinajstić information content (AvgIpc) is 3.63. The first-order valence-corrected chi connectivity index (χ1v) is 13.9. The highest BCUT2D eigenvalue weighted by Gasteiger charge is 2.59. The lowest BCUT2D eigenvalue weighted by molar-refractivity contribution is -0.144. The fourth-order valence-electron chi connectivity index (χ4n) is 7.98. The van der Waals surface area contributed by atoms with Crippen molar-refractivity contribution in [2.24, 2.45) is 11.3 Å². The van der Waals surface area contributed by atoms with E-state index in [1.165, 1.54) is 6.07 Å². The van der Waals surface area contributed by atoms with E-state index in [0.717, 1.165) is 57.6 Å². The Balaban J connectivity index is 1.14. The van der Waals surface area contributed by atoms with E-state index in [2.05, 4.69) is 10.2 Å². The molecular formula is C27H35ClF3N3O3. The topological polar surface area (TPSA) is 54.0 Å². The van der Waals surface area contributed by atoms with Crippen LogP contribution in [0.15, 0.2) is 18.2 Å². The number of rotatable bonds is 5. The Bertz CT molecular complexity index is 1040. The van der Waals surface area contributed by atoms with Crippen molar-refractivity contribution in [2.75, 3.05) is 38.3 Å². The van der Waals surface area contributed by atoms with Crippen LogP contribution in [0.3, 0.4) is 0 Å². The molecule has 5 fully saturated rings. The minimum Gasteiger partial charge on any atom is -0.379 e. The Morgan fingerprint density at radius 1 is 1.22 bits per heavy atom. The molecule has 204 valence electrons. The van der Waals surface area contributed by atoms with Gasteiger partial charge in [0.25, 0.3) is 0 Å². The van der Waals surface area contributed by atoms with Gasteiger partial charge in [-0.25, -0.2) is 0 Å². The Morgan fingerprint density at radius 2 is 2.05 bits per heavy atom. The third kappa shape index (κ3) is 4.43. The summed E-state index contributed by atoms with van der Waals surface area (Å²) >= 11 is 5.83. The van der Waals surface area contributed by atoms with Crippen molar-refractivity contribution >= 4 is 23.2 Å². The fraction of sp³-hybridized carbons (Fsp3) is 0.741. The van der Waals surface area contributed by atoms with Gasteiger partial charge in [0.05, 0.1) is 34.8 Å². The van der Waals surface area contributed by atoms with Crippen LogP contribution in [0.2, 0.25) is 5.02 Å². The predicted octanol–water partition coefficient (Wildman–Crippen LogP) is 4.49. The summed E-state index contributed by atoms with van der Waals surface area (Å²) in [6.07, 6.45) is 2.22. The number of likely N-dealkylation sites (tertiary alicyclic amines) is 1. The van der Waals surface area contributed by atoms with Crippen molar-refractivity contribution in [3.8, 4) is 0 Å². The first-order chi connectivity index (χ1) is 17.7. The number of halogens is 4. The number of benzene rings is 1. The second-order valence-electron chi connectivity index (χ2n) is 11.6. The number of methoxy groups -OCH3 is 1. The quantitative estimate of drug-likeness (QED) is 0.595. The van der Waals surface area contributed by atoms with Crippen LogP contribution < -0.4 is 10.2 Å². The summed E-state index contributed by atoms with van der Waals surface area (Å²) in [6, 6.07) is 4.75. The molecule has 6 nitrogen and oxygen atoms in total. The van der Waals surface area contributed by atoms with Gasteiger partial charge >= 0.3 is 6.18 Å². The van der Waals surface area contributed by atoms with Gasteiger partial charge in [-0.1, -0.05) is 18.0 Å². The highest BCUT2D eigenvalue weighted by molar-refractivity contribution is 6.31. The Hall–Kier alpha value is -1.55. The maximum atomic E-state index is 14.1. The van der Waals surface area contributed by atoms with Crippen molar-refractivity contribution in [3.63, 3.8) is 0 Å². The highest BCUT2D eigenvalue weighted by atomic mass is 35.5. The number of nitrogens with one attached hydrogen (secondary N) is 1. The molecule has 0 spiro atoms. The molecule has 3 saturated heterocycles. The largest absolute Gasteiger partial charge is 0.417 e. The van der Waals surface area contributed by atoms with Crippen LogP contribution in [-0.4, -0.2) is 74.5 Å². The van der Waals surface area contributed by atoms with Crippen LogP contribution >= 0.6 is 11.6 Å². The van der Waals surface area contributed by atoms with Gasteiger partial charge in [0.1, 0.15) is 0 Å². The van der Waals surface area contributed by atoms with Crippen LogP contribution in [0, 0.1) is 11.3 Å². The maximum absolute atomic E-state index is 14.1. The van der Waals surface area contributed by atoms with E-state index in [9.17, 15) is 18.0 Å². The number of hydrogen-bond acceptors (Lipinski definition) is 5. The molecule has 1 N–H and O–H groups in total. The normalized spacial score (nSPS) is 37.4. The van der Waals surface area contributed by atoms with Gasteiger partial charge in [-0.3, -0.25) is 4.79 Å². The summed E-state index contributed by atoms with van der Waals surface area (Å²) in [6.45, 7) is 2.46. The van der Waals surface area contributed by atoms with Crippen LogP contribution in [0.5, 0.6) is 0 Å². The summed E-state index contributed by atoms with van der Waals surface area (Å²) in [5.41, 5.74) is -0.591. The molecule has 10 heteroatoms. The van der Waals surface area contributed by atoms with E-state index < -0.39 is 11.7 Å². The number of anilines is 1. The number of nitrogens with zero attached hydrogens (tertiary/aromatic N) is 2. The number of amides is 1. The first kappa shape index (κ1) is 25.7. The molecule has 1 aromatic rings. The SMILES string of the molecule is CO[C@@H]1COCC[C@@H]1N[C@@H]1C[C@H]2CCC[C@@]2(C(=O)N2C[C@@H]3C[C@H]2CN3c2ccc(Cl)c(C(F)(F)F)c2)C1. The smallest absolute Gasteiger partial charge is 0.379 e. The molecule has 1 amide bonds. The molecule has 2 bridgehead atoms. The minimum atomic E-state index is -4.49. The summed E-state index contributed by atoms with van der Waals surface area (Å²) in [7, 11) is 1.72. The summed E-state index contributed by atoms with van der Waals surface area (Å²) in [4.78, 5) is 18.2. The summed E-state index contributed by atoms with van der Waals surface area (Å²) in [5.74, 6) is 0.660. The van der Waals surface area contributed by atoms with Gasteiger partial charge in [-0.05, 0) is 62.6 Å². The number of carbonyl (C=O) groups is 1. The van der Waals surface area contributed by atoms with E-state index in [0.29, 0.717) is 37.3 Å². The van der Waals surface area contributed by atoms with E-state index >= 15 is 0 Å². The molecule has 5 aliphatic rings. The standard InChI is InChI=1S/C27H35ClF3N3O3/c1-36-24-15-37-8-6-23(24)32-17-9-16-3-2-7-26(16,12-17)25(35)34-14-19-10-20(34)13-33(19)18-4-5-22(28)21(11-18)27(29,30)31/h4-5,11,16-17,19-20,23-24,32H,2-3,6-10,12-15H2,1H3/t16-,17-,19+,20+,23+,24-,26-/m1/s1. The molecule has 6 rings (SSSR count). The summed E-state index contributed by atoms with van der Waals surface area (Å²) in [5, 5.41) is 3.53. The van der Waals surface area contributed by atoms with Gasteiger partial charge in [0.15, 0.2) is 0 Å². The van der Waals surface area contributed by atoms with Crippen LogP contribution in [0.1, 0.15) is 50.5 Å². The molecule has 0 unspecified atom stereocenters. The third-order valence-corrected chi connectivity index (χ3v) is 10.0. The van der Waals surface area contributed by atoms with E-state index in [4.69, 9.17) is 21.1 Å². The van der Waals surface area contributed by atoms with Crippen LogP contribution in [-0.2, 0) is 20.4 Å². The Kier molecular flexibility index (Phi) is 6.65. The lowest BCUT2D eigenvalue weighted by atomic mass is 9.78. The lowest BCUT2D eigenvalue weighted by Gasteiger charge is -2.41. The van der Waals surface area contributed by atoms with Crippen molar-refractivity contribution < 1.29 is 27.4 Å². The van der Waals surface area contributed by atoms with Crippen LogP contribution in [0.4, 0.5) is 18.9 Å². The van der Waals surface area contributed by atoms with Gasteiger partial charge in [0.2, 0.25) is 5.91 Å². The zero-order valence-corrected chi connectivity index (χ0v) is 21.9. The Morgan fingerprint density at radius 3 is 2.78 bits per heavy atom. The van der Waals surface area contributed by atoms with Crippen molar-refractivity contribution in [3.05, 3.63) is 28.8 Å². The number of alkyl halides is 3. The molecule has 37 heavy (non-hydrogen) atoms. The van der Waals surface area contributed by atoms with E-state index in [1.807, 2.05) is 4.90 Å². The fourth-order valence-corrected chi connectivity index (χ4v) is 8.21. The monoisotopic (exact) mass is 541 g/mol. The van der Waals surface area contributed by atoms with Gasteiger partial charge in [-0.15, -0.1) is 0 Å². The van der Waals surface area contributed by atoms with Crippen molar-refractivity contribution in [2.45, 2.75) is 81.4 Å². The molecule has 2 saturated carbocycles. The lowest BCUT2D eigenvalue weighted by Crippen LogP contribution is -2.54.